The molecule has 0 aromatic rings. The van der Waals surface area contributed by atoms with Gasteiger partial charge < -0.3 is 33.8 Å². The van der Waals surface area contributed by atoms with E-state index < -0.39 is 97.5 Å². The SMILES string of the molecule is CCCCCC/C=C\C=C/CCCCCCCC(=O)O[C@H](COC(=O)CCCCCCCCC(C)C)COP(=O)(O)OC[C@H](O)COP(=O)(O)OC[C@@H](COC(=O)CCCCCCCCCCCCCCCCCC(C)C)OC(=O)CCCCCCCCCCCCCCCCC(C)C. The van der Waals surface area contributed by atoms with Crippen LogP contribution in [0.1, 0.15) is 389 Å². The summed E-state index contributed by atoms with van der Waals surface area (Å²) in [5, 5.41) is 10.6. The minimum absolute atomic E-state index is 0.0838. The zero-order valence-corrected chi connectivity index (χ0v) is 66.2. The molecule has 0 saturated heterocycles. The lowest BCUT2D eigenvalue weighted by atomic mass is 10.0. The van der Waals surface area contributed by atoms with Gasteiger partial charge in [0.1, 0.15) is 19.3 Å². The molecule has 0 aliphatic rings. The first-order valence-corrected chi connectivity index (χ1v) is 43.7. The van der Waals surface area contributed by atoms with Crippen molar-refractivity contribution in [1.82, 2.24) is 0 Å². The largest absolute Gasteiger partial charge is 0.472 e. The maximum absolute atomic E-state index is 13.1. The Balaban J connectivity index is 5.26. The van der Waals surface area contributed by atoms with Gasteiger partial charge in [-0.2, -0.15) is 0 Å². The molecule has 0 amide bonds. The molecule has 0 aromatic heterocycles. The highest BCUT2D eigenvalue weighted by molar-refractivity contribution is 7.47. The van der Waals surface area contributed by atoms with Crippen LogP contribution in [-0.2, 0) is 65.4 Å². The molecule has 0 saturated carbocycles. The Morgan fingerprint density at radius 2 is 0.545 bits per heavy atom. The first-order chi connectivity index (χ1) is 47.7. The van der Waals surface area contributed by atoms with Crippen LogP contribution in [0.25, 0.3) is 0 Å². The normalized spacial score (nSPS) is 14.2. The van der Waals surface area contributed by atoms with Gasteiger partial charge in [-0.05, 0) is 69.1 Å². The van der Waals surface area contributed by atoms with Gasteiger partial charge in [0.2, 0.25) is 0 Å². The minimum Gasteiger partial charge on any atom is -0.462 e. The maximum Gasteiger partial charge on any atom is 0.472 e. The Kier molecular flexibility index (Phi) is 68.1. The number of allylic oxidation sites excluding steroid dienone is 4. The Bertz CT molecular complexity index is 2020. The molecular weight excluding hydrogens is 1290 g/mol. The molecule has 0 fully saturated rings. The molecule has 0 rings (SSSR count). The molecule has 99 heavy (non-hydrogen) atoms. The summed E-state index contributed by atoms with van der Waals surface area (Å²) in [4.78, 5) is 72.9. The van der Waals surface area contributed by atoms with Crippen molar-refractivity contribution in [3.63, 3.8) is 0 Å². The highest BCUT2D eigenvalue weighted by Gasteiger charge is 2.30. The number of phosphoric ester groups is 2. The van der Waals surface area contributed by atoms with E-state index in [1.165, 1.54) is 180 Å². The number of hydrogen-bond donors (Lipinski definition) is 3. The zero-order valence-electron chi connectivity index (χ0n) is 64.4. The molecule has 19 heteroatoms. The lowest BCUT2D eigenvalue weighted by Gasteiger charge is -2.21. The number of aliphatic hydroxyl groups excluding tert-OH is 1. The average Bonchev–Trinajstić information content (AvgIpc) is 0.961. The van der Waals surface area contributed by atoms with E-state index in [0.717, 1.165) is 121 Å². The smallest absolute Gasteiger partial charge is 0.462 e. The van der Waals surface area contributed by atoms with Crippen LogP contribution in [0.4, 0.5) is 0 Å². The number of phosphoric acid groups is 2. The van der Waals surface area contributed by atoms with E-state index in [1.807, 2.05) is 0 Å². The maximum atomic E-state index is 13.1. The second-order valence-electron chi connectivity index (χ2n) is 29.5. The third-order valence-corrected chi connectivity index (χ3v) is 19.9. The number of ether oxygens (including phenoxy) is 4. The van der Waals surface area contributed by atoms with Gasteiger partial charge in [-0.25, -0.2) is 9.13 Å². The fourth-order valence-electron chi connectivity index (χ4n) is 11.8. The van der Waals surface area contributed by atoms with E-state index >= 15 is 0 Å². The van der Waals surface area contributed by atoms with E-state index in [1.54, 1.807) is 0 Å². The van der Waals surface area contributed by atoms with Crippen molar-refractivity contribution >= 4 is 39.5 Å². The van der Waals surface area contributed by atoms with Gasteiger partial charge in [0.15, 0.2) is 12.2 Å². The standard InChI is InChI=1S/C80H152O17P2/c1-8-9-10-11-12-13-14-15-17-25-30-35-40-49-56-64-80(85)97-76(68-91-78(83)62-55-48-43-42-46-53-60-73(6)7)70-95-99(88,89)93-66-74(81)65-92-98(86,87)94-69-75(96-79(84)63-57-50-41-36-31-26-21-20-23-28-33-38-45-52-59-72(4)5)67-90-77(82)61-54-47-39-34-29-24-19-16-18-22-27-32-37-44-51-58-71(2)3/h13-15,17,71-76,81H,8-12,16,18-70H2,1-7H3,(H,86,87)(H,88,89)/b14-13-,17-15-/t74-,75-,76-/m1/s1. The van der Waals surface area contributed by atoms with Crippen LogP contribution < -0.4 is 0 Å². The number of carbonyl (C=O) groups is 4. The number of aliphatic hydroxyl groups is 1. The van der Waals surface area contributed by atoms with Crippen molar-refractivity contribution in [2.24, 2.45) is 17.8 Å². The summed E-state index contributed by atoms with van der Waals surface area (Å²) in [7, 11) is -9.93. The molecule has 0 aliphatic carbocycles. The van der Waals surface area contributed by atoms with Gasteiger partial charge in [-0.15, -0.1) is 0 Å². The summed E-state index contributed by atoms with van der Waals surface area (Å²) in [6, 6.07) is 0. The van der Waals surface area contributed by atoms with Crippen LogP contribution >= 0.6 is 15.6 Å². The van der Waals surface area contributed by atoms with Gasteiger partial charge in [0, 0.05) is 25.7 Å². The summed E-state index contributed by atoms with van der Waals surface area (Å²) < 4.78 is 68.6. The van der Waals surface area contributed by atoms with Crippen molar-refractivity contribution in [2.45, 2.75) is 407 Å². The number of hydrogen-bond acceptors (Lipinski definition) is 15. The molecule has 2 unspecified atom stereocenters. The molecule has 0 spiro atoms. The lowest BCUT2D eigenvalue weighted by molar-refractivity contribution is -0.161. The molecule has 0 radical (unpaired) electrons. The van der Waals surface area contributed by atoms with Gasteiger partial charge in [0.25, 0.3) is 0 Å². The fourth-order valence-corrected chi connectivity index (χ4v) is 13.3. The van der Waals surface area contributed by atoms with Crippen molar-refractivity contribution in [3.05, 3.63) is 24.3 Å². The first kappa shape index (κ1) is 96.5. The van der Waals surface area contributed by atoms with Crippen molar-refractivity contribution in [1.29, 1.82) is 0 Å². The van der Waals surface area contributed by atoms with Gasteiger partial charge in [-0.1, -0.05) is 336 Å². The van der Waals surface area contributed by atoms with Crippen molar-refractivity contribution < 1.29 is 80.2 Å². The molecule has 0 aromatic carbocycles. The van der Waals surface area contributed by atoms with Crippen LogP contribution in [0.5, 0.6) is 0 Å². The van der Waals surface area contributed by atoms with Gasteiger partial charge in [0.05, 0.1) is 26.4 Å². The molecule has 3 N–H and O–H groups in total. The predicted octanol–water partition coefficient (Wildman–Crippen LogP) is 23.3. The first-order valence-electron chi connectivity index (χ1n) is 40.7. The molecule has 584 valence electrons. The second kappa shape index (κ2) is 69.9. The van der Waals surface area contributed by atoms with Gasteiger partial charge in [-0.3, -0.25) is 37.3 Å². The van der Waals surface area contributed by atoms with E-state index in [2.05, 4.69) is 72.8 Å². The quantitative estimate of drug-likeness (QED) is 0.0169. The number of carbonyl (C=O) groups excluding carboxylic acids is 4. The van der Waals surface area contributed by atoms with Crippen LogP contribution in [0.15, 0.2) is 24.3 Å². The van der Waals surface area contributed by atoms with Crippen LogP contribution in [-0.4, -0.2) is 96.7 Å². The average molecular weight is 1450 g/mol. The van der Waals surface area contributed by atoms with Crippen molar-refractivity contribution in [2.75, 3.05) is 39.6 Å². The molecule has 5 atom stereocenters. The minimum atomic E-state index is -4.97. The summed E-state index contributed by atoms with van der Waals surface area (Å²) >= 11 is 0. The Labute approximate surface area is 605 Å². The Hall–Kier alpha value is -2.46. The number of esters is 4. The third-order valence-electron chi connectivity index (χ3n) is 18.0. The highest BCUT2D eigenvalue weighted by atomic mass is 31.2. The zero-order chi connectivity index (χ0) is 73.0. The summed E-state index contributed by atoms with van der Waals surface area (Å²) in [6.07, 6.45) is 60.6. The Morgan fingerprint density at radius 1 is 0.313 bits per heavy atom. The van der Waals surface area contributed by atoms with Gasteiger partial charge >= 0.3 is 39.5 Å². The number of rotatable bonds is 76. The van der Waals surface area contributed by atoms with Crippen LogP contribution in [0.3, 0.4) is 0 Å². The van der Waals surface area contributed by atoms with Crippen LogP contribution in [0, 0.1) is 17.8 Å². The van der Waals surface area contributed by atoms with E-state index in [0.29, 0.717) is 31.6 Å². The molecular formula is C80H152O17P2. The number of unbranched alkanes of at least 4 members (excludes halogenated alkanes) is 41. The third kappa shape index (κ3) is 73.6. The summed E-state index contributed by atoms with van der Waals surface area (Å²) in [5.41, 5.74) is 0. The predicted molar refractivity (Wildman–Crippen MR) is 404 cm³/mol. The van der Waals surface area contributed by atoms with Crippen LogP contribution in [0.2, 0.25) is 0 Å². The highest BCUT2D eigenvalue weighted by Crippen LogP contribution is 2.45. The molecule has 0 aliphatic heterocycles. The van der Waals surface area contributed by atoms with E-state index in [-0.39, 0.29) is 25.7 Å². The fraction of sp³-hybridized carbons (Fsp3) is 0.900. The van der Waals surface area contributed by atoms with E-state index in [4.69, 9.17) is 37.0 Å². The summed E-state index contributed by atoms with van der Waals surface area (Å²) in [5.74, 6) is 0.130. The Morgan fingerprint density at radius 3 is 0.818 bits per heavy atom. The lowest BCUT2D eigenvalue weighted by Crippen LogP contribution is -2.30. The molecule has 17 nitrogen and oxygen atoms in total. The molecule has 0 heterocycles. The van der Waals surface area contributed by atoms with Crippen molar-refractivity contribution in [3.8, 4) is 0 Å². The second-order valence-corrected chi connectivity index (χ2v) is 32.5. The molecule has 0 bridgehead atoms. The topological polar surface area (TPSA) is 237 Å². The van der Waals surface area contributed by atoms with E-state index in [9.17, 15) is 43.2 Å². The monoisotopic (exact) mass is 1450 g/mol. The summed E-state index contributed by atoms with van der Waals surface area (Å²) in [6.45, 7) is 11.8.